The number of nitrogens with two attached hydrogens (primary N) is 1. The smallest absolute Gasteiger partial charge is 0.243 e. The Hall–Kier alpha value is -1.42. The molecule has 0 radical (unpaired) electrons. The summed E-state index contributed by atoms with van der Waals surface area (Å²) in [6, 6.07) is 6.67. The lowest BCUT2D eigenvalue weighted by Crippen LogP contribution is -2.55. The van der Waals surface area contributed by atoms with E-state index >= 15 is 0 Å². The summed E-state index contributed by atoms with van der Waals surface area (Å²) in [5.74, 6) is 0.121. The predicted octanol–water partition coefficient (Wildman–Crippen LogP) is 2.44. The van der Waals surface area contributed by atoms with Crippen LogP contribution in [0, 0.1) is 11.7 Å². The molecule has 4 heteroatoms. The van der Waals surface area contributed by atoms with E-state index in [0.717, 1.165) is 31.2 Å². The van der Waals surface area contributed by atoms with Gasteiger partial charge in [-0.05, 0) is 56.2 Å². The lowest BCUT2D eigenvalue weighted by molar-refractivity contribution is -0.138. The zero-order chi connectivity index (χ0) is 14.3. The molecule has 0 bridgehead atoms. The van der Waals surface area contributed by atoms with Crippen molar-refractivity contribution < 1.29 is 9.18 Å². The molecule has 2 N–H and O–H groups in total. The summed E-state index contributed by atoms with van der Waals surface area (Å²) in [5, 5.41) is 0. The summed E-state index contributed by atoms with van der Waals surface area (Å²) in [4.78, 5) is 14.6. The minimum absolute atomic E-state index is 0.0480. The number of carbonyl (C=O) groups excluding carboxylic acids is 1. The highest BCUT2D eigenvalue weighted by atomic mass is 19.1. The molecule has 1 amide bonds. The van der Waals surface area contributed by atoms with Gasteiger partial charge in [0.15, 0.2) is 0 Å². The highest BCUT2D eigenvalue weighted by Crippen LogP contribution is 2.41. The van der Waals surface area contributed by atoms with E-state index < -0.39 is 5.54 Å². The van der Waals surface area contributed by atoms with Crippen LogP contribution in [0.4, 0.5) is 4.39 Å². The molecule has 3 nitrogen and oxygen atoms in total. The third-order valence-electron chi connectivity index (χ3n) is 4.40. The van der Waals surface area contributed by atoms with Crippen molar-refractivity contribution >= 4 is 5.91 Å². The molecule has 0 saturated heterocycles. The number of amides is 1. The van der Waals surface area contributed by atoms with Crippen molar-refractivity contribution in [1.82, 2.24) is 4.90 Å². The number of hydrogen-bond donors (Lipinski definition) is 1. The zero-order valence-electron chi connectivity index (χ0n) is 11.8. The standard InChI is InChI=1S/C16H21FN2O/c1-16(18,12-4-5-12)15(20)19(14-8-9-14)10-11-2-6-13(17)7-3-11/h2-3,6-7,12,14H,4-5,8-10,18H2,1H3. The van der Waals surface area contributed by atoms with Crippen molar-refractivity contribution in [2.45, 2.75) is 50.7 Å². The third-order valence-corrected chi connectivity index (χ3v) is 4.40. The fourth-order valence-electron chi connectivity index (χ4n) is 2.71. The second-order valence-electron chi connectivity index (χ2n) is 6.35. The molecule has 0 aliphatic heterocycles. The first-order chi connectivity index (χ1) is 9.48. The number of hydrogen-bond acceptors (Lipinski definition) is 2. The molecular weight excluding hydrogens is 255 g/mol. The molecule has 1 unspecified atom stereocenters. The maximum atomic E-state index is 13.0. The number of halogens is 1. The Bertz CT molecular complexity index is 504. The topological polar surface area (TPSA) is 46.3 Å². The number of nitrogens with zero attached hydrogens (tertiary/aromatic N) is 1. The van der Waals surface area contributed by atoms with Crippen LogP contribution in [0.5, 0.6) is 0 Å². The fraction of sp³-hybridized carbons (Fsp3) is 0.562. The average Bonchev–Trinajstić information content (AvgIpc) is 3.29. The Morgan fingerprint density at radius 3 is 2.40 bits per heavy atom. The van der Waals surface area contributed by atoms with Crippen molar-refractivity contribution in [1.29, 1.82) is 0 Å². The van der Waals surface area contributed by atoms with E-state index in [4.69, 9.17) is 5.73 Å². The van der Waals surface area contributed by atoms with Crippen LogP contribution < -0.4 is 5.73 Å². The molecule has 0 aromatic heterocycles. The molecule has 108 valence electrons. The van der Waals surface area contributed by atoms with Crippen LogP contribution in [0.1, 0.15) is 38.2 Å². The van der Waals surface area contributed by atoms with E-state index in [0.29, 0.717) is 18.5 Å². The summed E-state index contributed by atoms with van der Waals surface area (Å²) in [7, 11) is 0. The second kappa shape index (κ2) is 4.85. The number of rotatable bonds is 5. The summed E-state index contributed by atoms with van der Waals surface area (Å²) >= 11 is 0. The highest BCUT2D eigenvalue weighted by molar-refractivity contribution is 5.87. The molecule has 0 spiro atoms. The van der Waals surface area contributed by atoms with Crippen LogP contribution in [-0.2, 0) is 11.3 Å². The first kappa shape index (κ1) is 13.6. The molecule has 20 heavy (non-hydrogen) atoms. The Morgan fingerprint density at radius 2 is 1.90 bits per heavy atom. The van der Waals surface area contributed by atoms with E-state index in [2.05, 4.69) is 0 Å². The molecule has 2 aliphatic carbocycles. The lowest BCUT2D eigenvalue weighted by atomic mass is 9.95. The van der Waals surface area contributed by atoms with E-state index in [9.17, 15) is 9.18 Å². The van der Waals surface area contributed by atoms with E-state index in [1.807, 2.05) is 11.8 Å². The predicted molar refractivity (Wildman–Crippen MR) is 75.3 cm³/mol. The Kier molecular flexibility index (Phi) is 3.28. The van der Waals surface area contributed by atoms with Crippen molar-refractivity contribution in [2.24, 2.45) is 11.7 Å². The molecule has 1 aromatic rings. The first-order valence-electron chi connectivity index (χ1n) is 7.33. The van der Waals surface area contributed by atoms with Crippen LogP contribution >= 0.6 is 0 Å². The van der Waals surface area contributed by atoms with E-state index in [-0.39, 0.29) is 11.7 Å². The van der Waals surface area contributed by atoms with Gasteiger partial charge in [0.2, 0.25) is 5.91 Å². The molecule has 2 saturated carbocycles. The van der Waals surface area contributed by atoms with E-state index in [1.165, 1.54) is 12.1 Å². The van der Waals surface area contributed by atoms with Crippen molar-refractivity contribution in [2.75, 3.05) is 0 Å². The second-order valence-corrected chi connectivity index (χ2v) is 6.35. The maximum absolute atomic E-state index is 13.0. The van der Waals surface area contributed by atoms with Crippen molar-refractivity contribution in [3.05, 3.63) is 35.6 Å². The van der Waals surface area contributed by atoms with Gasteiger partial charge in [0.1, 0.15) is 5.82 Å². The molecular formula is C16H21FN2O. The number of carbonyl (C=O) groups is 1. The minimum atomic E-state index is -0.747. The van der Waals surface area contributed by atoms with Crippen LogP contribution in [-0.4, -0.2) is 22.4 Å². The van der Waals surface area contributed by atoms with E-state index in [1.54, 1.807) is 12.1 Å². The highest BCUT2D eigenvalue weighted by Gasteiger charge is 2.48. The van der Waals surface area contributed by atoms with Crippen LogP contribution in [0.3, 0.4) is 0 Å². The summed E-state index contributed by atoms with van der Waals surface area (Å²) < 4.78 is 13.0. The Labute approximate surface area is 118 Å². The van der Waals surface area contributed by atoms with Gasteiger partial charge in [-0.15, -0.1) is 0 Å². The first-order valence-corrected chi connectivity index (χ1v) is 7.33. The van der Waals surface area contributed by atoms with Gasteiger partial charge in [-0.25, -0.2) is 4.39 Å². The third kappa shape index (κ3) is 2.70. The molecule has 1 aromatic carbocycles. The van der Waals surface area contributed by atoms with Gasteiger partial charge >= 0.3 is 0 Å². The Balaban J connectivity index is 1.75. The zero-order valence-corrected chi connectivity index (χ0v) is 11.8. The summed E-state index contributed by atoms with van der Waals surface area (Å²) in [5.41, 5.74) is 6.47. The van der Waals surface area contributed by atoms with Crippen LogP contribution in [0.2, 0.25) is 0 Å². The van der Waals surface area contributed by atoms with Crippen LogP contribution in [0.25, 0.3) is 0 Å². The van der Waals surface area contributed by atoms with Gasteiger partial charge < -0.3 is 10.6 Å². The molecule has 3 rings (SSSR count). The van der Waals surface area contributed by atoms with Gasteiger partial charge in [-0.3, -0.25) is 4.79 Å². The minimum Gasteiger partial charge on any atom is -0.334 e. The fourth-order valence-corrected chi connectivity index (χ4v) is 2.71. The SMILES string of the molecule is CC(N)(C(=O)N(Cc1ccc(F)cc1)C1CC1)C1CC1. The van der Waals surface area contributed by atoms with Gasteiger partial charge in [-0.1, -0.05) is 12.1 Å². The van der Waals surface area contributed by atoms with Gasteiger partial charge in [-0.2, -0.15) is 0 Å². The molecule has 0 heterocycles. The lowest BCUT2D eigenvalue weighted by Gasteiger charge is -2.32. The maximum Gasteiger partial charge on any atom is 0.243 e. The van der Waals surface area contributed by atoms with Gasteiger partial charge in [0, 0.05) is 12.6 Å². The van der Waals surface area contributed by atoms with Gasteiger partial charge in [0.25, 0.3) is 0 Å². The molecule has 2 fully saturated rings. The van der Waals surface area contributed by atoms with Crippen LogP contribution in [0.15, 0.2) is 24.3 Å². The average molecular weight is 276 g/mol. The largest absolute Gasteiger partial charge is 0.334 e. The van der Waals surface area contributed by atoms with Gasteiger partial charge in [0.05, 0.1) is 5.54 Å². The quantitative estimate of drug-likeness (QED) is 0.898. The van der Waals surface area contributed by atoms with Crippen molar-refractivity contribution in [3.8, 4) is 0 Å². The molecule has 2 aliphatic rings. The van der Waals surface area contributed by atoms with Crippen molar-refractivity contribution in [3.63, 3.8) is 0 Å². The monoisotopic (exact) mass is 276 g/mol. The summed E-state index contributed by atoms with van der Waals surface area (Å²) in [6.07, 6.45) is 4.20. The Morgan fingerprint density at radius 1 is 1.30 bits per heavy atom. The number of benzene rings is 1. The molecule has 1 atom stereocenters. The summed E-state index contributed by atoms with van der Waals surface area (Å²) in [6.45, 7) is 2.39. The normalized spacial score (nSPS) is 21.4.